The fraction of sp³-hybridized carbons (Fsp3) is 0.235. The Morgan fingerprint density at radius 2 is 1.72 bits per heavy atom. The highest BCUT2D eigenvalue weighted by atomic mass is 32.2. The molecule has 134 valence electrons. The molecule has 1 amide bonds. The lowest BCUT2D eigenvalue weighted by atomic mass is 10.2. The van der Waals surface area contributed by atoms with Crippen LogP contribution in [-0.4, -0.2) is 27.1 Å². The van der Waals surface area contributed by atoms with Gasteiger partial charge in [-0.2, -0.15) is 0 Å². The molecule has 8 heteroatoms. The van der Waals surface area contributed by atoms with E-state index >= 15 is 0 Å². The molecule has 0 aliphatic carbocycles. The van der Waals surface area contributed by atoms with Crippen LogP contribution in [0.5, 0.6) is 0 Å². The molecule has 0 aliphatic heterocycles. The summed E-state index contributed by atoms with van der Waals surface area (Å²) in [5.41, 5.74) is 0.393. The molecule has 0 spiro atoms. The summed E-state index contributed by atoms with van der Waals surface area (Å²) in [5, 5.41) is 2.59. The summed E-state index contributed by atoms with van der Waals surface area (Å²) < 4.78 is 51.4. The summed E-state index contributed by atoms with van der Waals surface area (Å²) in [6, 6.07) is 10.8. The first kappa shape index (κ1) is 18.9. The van der Waals surface area contributed by atoms with Gasteiger partial charge in [-0.25, -0.2) is 17.2 Å². The number of hydrogen-bond donors (Lipinski definition) is 1. The fourth-order valence-corrected chi connectivity index (χ4v) is 3.22. The molecule has 0 saturated heterocycles. The standard InChI is InChI=1S/C17H18F2N2O3S/c1-25(23,24)21(16-6-3-2-5-15(16)19)12-4-7-17(22)20-14-10-8-13(18)9-11-14/h2-3,5-6,8-11H,4,7,12H2,1H3,(H,20,22). The van der Waals surface area contributed by atoms with Gasteiger partial charge in [0.15, 0.2) is 0 Å². The molecular weight excluding hydrogens is 350 g/mol. The van der Waals surface area contributed by atoms with Crippen LogP contribution < -0.4 is 9.62 Å². The second-order valence-corrected chi connectivity index (χ2v) is 7.35. The highest BCUT2D eigenvalue weighted by Gasteiger charge is 2.20. The van der Waals surface area contributed by atoms with Crippen LogP contribution in [0.4, 0.5) is 20.2 Å². The Balaban J connectivity index is 1.96. The molecule has 0 aliphatic rings. The molecule has 0 saturated carbocycles. The Bertz CT molecular complexity index is 839. The Hall–Kier alpha value is -2.48. The van der Waals surface area contributed by atoms with E-state index in [1.54, 1.807) is 0 Å². The number of halogens is 2. The lowest BCUT2D eigenvalue weighted by Crippen LogP contribution is -2.32. The Kier molecular flexibility index (Phi) is 6.08. The van der Waals surface area contributed by atoms with Crippen molar-refractivity contribution in [1.29, 1.82) is 0 Å². The van der Waals surface area contributed by atoms with Gasteiger partial charge in [0.05, 0.1) is 11.9 Å². The van der Waals surface area contributed by atoms with Crippen molar-refractivity contribution in [2.45, 2.75) is 12.8 Å². The van der Waals surface area contributed by atoms with Crippen molar-refractivity contribution < 1.29 is 22.0 Å². The SMILES string of the molecule is CS(=O)(=O)N(CCCC(=O)Nc1ccc(F)cc1)c1ccccc1F. The molecule has 0 aromatic heterocycles. The van der Waals surface area contributed by atoms with Gasteiger partial charge in [-0.05, 0) is 42.8 Å². The van der Waals surface area contributed by atoms with E-state index in [1.807, 2.05) is 0 Å². The summed E-state index contributed by atoms with van der Waals surface area (Å²) in [6.45, 7) is -0.0311. The predicted octanol–water partition coefficient (Wildman–Crippen LogP) is 3.15. The molecule has 1 N–H and O–H groups in total. The molecular formula is C17H18F2N2O3S. The molecule has 5 nitrogen and oxygen atoms in total. The van der Waals surface area contributed by atoms with E-state index in [2.05, 4.69) is 5.32 Å². The minimum absolute atomic E-state index is 0.0311. The number of nitrogens with zero attached hydrogens (tertiary/aromatic N) is 1. The molecule has 0 fully saturated rings. The van der Waals surface area contributed by atoms with Gasteiger partial charge in [0.2, 0.25) is 15.9 Å². The number of carbonyl (C=O) groups is 1. The Morgan fingerprint density at radius 3 is 2.32 bits per heavy atom. The predicted molar refractivity (Wildman–Crippen MR) is 92.9 cm³/mol. The van der Waals surface area contributed by atoms with Crippen molar-refractivity contribution in [2.24, 2.45) is 0 Å². The number of para-hydroxylation sites is 1. The number of nitrogens with one attached hydrogen (secondary N) is 1. The van der Waals surface area contributed by atoms with Gasteiger partial charge in [0.25, 0.3) is 0 Å². The Morgan fingerprint density at radius 1 is 1.08 bits per heavy atom. The van der Waals surface area contributed by atoms with E-state index in [9.17, 15) is 22.0 Å². The topological polar surface area (TPSA) is 66.5 Å². The number of amides is 1. The van der Waals surface area contributed by atoms with Crippen molar-refractivity contribution >= 4 is 27.3 Å². The molecule has 2 rings (SSSR count). The quantitative estimate of drug-likeness (QED) is 0.816. The number of hydrogen-bond acceptors (Lipinski definition) is 3. The average Bonchev–Trinajstić information content (AvgIpc) is 2.54. The zero-order valence-electron chi connectivity index (χ0n) is 13.6. The van der Waals surface area contributed by atoms with Crippen LogP contribution in [0.25, 0.3) is 0 Å². The van der Waals surface area contributed by atoms with Gasteiger partial charge >= 0.3 is 0 Å². The van der Waals surface area contributed by atoms with Crippen LogP contribution in [0, 0.1) is 11.6 Å². The number of carbonyl (C=O) groups excluding carboxylic acids is 1. The number of rotatable bonds is 7. The molecule has 0 radical (unpaired) electrons. The van der Waals surface area contributed by atoms with Gasteiger partial charge < -0.3 is 5.32 Å². The van der Waals surface area contributed by atoms with E-state index in [1.165, 1.54) is 48.5 Å². The third-order valence-corrected chi connectivity index (χ3v) is 4.59. The number of anilines is 2. The molecule has 0 heterocycles. The summed E-state index contributed by atoms with van der Waals surface area (Å²) >= 11 is 0. The maximum atomic E-state index is 13.9. The van der Waals surface area contributed by atoms with E-state index in [-0.39, 0.29) is 31.0 Å². The number of benzene rings is 2. The second kappa shape index (κ2) is 8.06. The van der Waals surface area contributed by atoms with Crippen LogP contribution >= 0.6 is 0 Å². The lowest BCUT2D eigenvalue weighted by Gasteiger charge is -2.22. The van der Waals surface area contributed by atoms with Gasteiger partial charge in [-0.1, -0.05) is 12.1 Å². The van der Waals surface area contributed by atoms with Crippen LogP contribution in [0.15, 0.2) is 48.5 Å². The van der Waals surface area contributed by atoms with Crippen molar-refractivity contribution in [2.75, 3.05) is 22.4 Å². The van der Waals surface area contributed by atoms with Gasteiger partial charge in [-0.3, -0.25) is 9.10 Å². The third kappa shape index (κ3) is 5.53. The van der Waals surface area contributed by atoms with Crippen molar-refractivity contribution in [1.82, 2.24) is 0 Å². The normalized spacial score (nSPS) is 11.2. The van der Waals surface area contributed by atoms with Crippen molar-refractivity contribution in [3.05, 3.63) is 60.2 Å². The zero-order chi connectivity index (χ0) is 18.4. The van der Waals surface area contributed by atoms with Crippen molar-refractivity contribution in [3.8, 4) is 0 Å². The van der Waals surface area contributed by atoms with E-state index in [0.717, 1.165) is 10.6 Å². The first-order valence-electron chi connectivity index (χ1n) is 7.55. The molecule has 25 heavy (non-hydrogen) atoms. The highest BCUT2D eigenvalue weighted by Crippen LogP contribution is 2.22. The summed E-state index contributed by atoms with van der Waals surface area (Å²) in [4.78, 5) is 11.9. The molecule has 0 bridgehead atoms. The number of sulfonamides is 1. The fourth-order valence-electron chi connectivity index (χ4n) is 2.26. The van der Waals surface area contributed by atoms with E-state index in [4.69, 9.17) is 0 Å². The Labute approximate surface area is 145 Å². The molecule has 2 aromatic carbocycles. The van der Waals surface area contributed by atoms with Crippen LogP contribution in [0.1, 0.15) is 12.8 Å². The highest BCUT2D eigenvalue weighted by molar-refractivity contribution is 7.92. The monoisotopic (exact) mass is 368 g/mol. The van der Waals surface area contributed by atoms with E-state index in [0.29, 0.717) is 5.69 Å². The van der Waals surface area contributed by atoms with Gasteiger partial charge in [-0.15, -0.1) is 0 Å². The summed E-state index contributed by atoms with van der Waals surface area (Å²) in [7, 11) is -3.68. The van der Waals surface area contributed by atoms with Gasteiger partial charge in [0.1, 0.15) is 11.6 Å². The smallest absolute Gasteiger partial charge is 0.232 e. The molecule has 0 atom stereocenters. The zero-order valence-corrected chi connectivity index (χ0v) is 14.4. The first-order valence-corrected chi connectivity index (χ1v) is 9.40. The average molecular weight is 368 g/mol. The summed E-state index contributed by atoms with van der Waals surface area (Å²) in [5.74, 6) is -1.40. The second-order valence-electron chi connectivity index (χ2n) is 5.45. The van der Waals surface area contributed by atoms with Gasteiger partial charge in [0, 0.05) is 18.7 Å². The van der Waals surface area contributed by atoms with Crippen LogP contribution in [0.3, 0.4) is 0 Å². The molecule has 0 unspecified atom stereocenters. The van der Waals surface area contributed by atoms with E-state index < -0.39 is 21.7 Å². The minimum Gasteiger partial charge on any atom is -0.326 e. The molecule has 2 aromatic rings. The minimum atomic E-state index is -3.68. The third-order valence-electron chi connectivity index (χ3n) is 3.41. The van der Waals surface area contributed by atoms with Crippen LogP contribution in [0.2, 0.25) is 0 Å². The maximum Gasteiger partial charge on any atom is 0.232 e. The van der Waals surface area contributed by atoms with Crippen LogP contribution in [-0.2, 0) is 14.8 Å². The van der Waals surface area contributed by atoms with Crippen molar-refractivity contribution in [3.63, 3.8) is 0 Å². The largest absolute Gasteiger partial charge is 0.326 e. The first-order chi connectivity index (χ1) is 11.8. The maximum absolute atomic E-state index is 13.9. The summed E-state index contributed by atoms with van der Waals surface area (Å²) in [6.07, 6.45) is 1.23. The lowest BCUT2D eigenvalue weighted by molar-refractivity contribution is -0.116.